The molecule has 0 aromatic heterocycles. The van der Waals surface area contributed by atoms with E-state index in [4.69, 9.17) is 5.11 Å². The molecule has 1 unspecified atom stereocenters. The number of hydrogen-bond acceptors (Lipinski definition) is 2. The zero-order valence-electron chi connectivity index (χ0n) is 8.46. The van der Waals surface area contributed by atoms with Crippen LogP contribution in [0, 0.1) is 11.6 Å². The summed E-state index contributed by atoms with van der Waals surface area (Å²) in [6, 6.07) is 2.79. The average molecular weight is 251 g/mol. The number of hydrogen-bond donors (Lipinski definition) is 2. The van der Waals surface area contributed by atoms with Crippen molar-refractivity contribution in [2.24, 2.45) is 0 Å². The van der Waals surface area contributed by atoms with Crippen LogP contribution in [0.25, 0.3) is 0 Å². The van der Waals surface area contributed by atoms with Gasteiger partial charge in [-0.25, -0.2) is 17.6 Å². The number of rotatable bonds is 4. The van der Waals surface area contributed by atoms with E-state index >= 15 is 0 Å². The van der Waals surface area contributed by atoms with E-state index in [9.17, 15) is 22.4 Å². The molecule has 0 heterocycles. The first-order chi connectivity index (χ1) is 7.93. The third-order valence-corrected chi connectivity index (χ3v) is 1.95. The highest BCUT2D eigenvalue weighted by Crippen LogP contribution is 2.11. The fourth-order valence-electron chi connectivity index (χ4n) is 1.09. The largest absolute Gasteiger partial charge is 0.385 e. The molecule has 0 radical (unpaired) electrons. The first-order valence-corrected chi connectivity index (χ1v) is 4.62. The molecule has 2 N–H and O–H groups in total. The molecule has 7 heteroatoms. The van der Waals surface area contributed by atoms with Crippen LogP contribution in [-0.2, 0) is 0 Å². The summed E-state index contributed by atoms with van der Waals surface area (Å²) >= 11 is 0. The summed E-state index contributed by atoms with van der Waals surface area (Å²) in [6.07, 6.45) is -5.12. The topological polar surface area (TPSA) is 49.3 Å². The van der Waals surface area contributed by atoms with Crippen LogP contribution >= 0.6 is 0 Å². The van der Waals surface area contributed by atoms with Crippen LogP contribution in [-0.4, -0.2) is 30.1 Å². The van der Waals surface area contributed by atoms with Gasteiger partial charge in [-0.2, -0.15) is 0 Å². The molecule has 0 saturated heterocycles. The molecule has 0 fully saturated rings. The van der Waals surface area contributed by atoms with E-state index in [-0.39, 0.29) is 0 Å². The standard InChI is InChI=1S/C10H9F4NO2/c11-5-2-1-3-6(12)8(5)10(17)15-4-7(16)9(13)14/h1-3,7,9,16H,4H2,(H,15,17). The van der Waals surface area contributed by atoms with Crippen LogP contribution in [0.3, 0.4) is 0 Å². The van der Waals surface area contributed by atoms with E-state index in [1.807, 2.05) is 5.32 Å². The molecule has 1 aromatic rings. The Morgan fingerprint density at radius 1 is 1.29 bits per heavy atom. The van der Waals surface area contributed by atoms with Crippen LogP contribution in [0.5, 0.6) is 0 Å². The number of nitrogens with one attached hydrogen (secondary N) is 1. The maximum absolute atomic E-state index is 13.1. The third-order valence-electron chi connectivity index (χ3n) is 1.95. The molecule has 0 bridgehead atoms. The number of amides is 1. The Labute approximate surface area is 94.1 Å². The summed E-state index contributed by atoms with van der Waals surface area (Å²) in [7, 11) is 0. The SMILES string of the molecule is O=C(NCC(O)C(F)F)c1c(F)cccc1F. The highest BCUT2D eigenvalue weighted by molar-refractivity contribution is 5.94. The lowest BCUT2D eigenvalue weighted by Crippen LogP contribution is -2.36. The zero-order chi connectivity index (χ0) is 13.0. The molecule has 3 nitrogen and oxygen atoms in total. The maximum atomic E-state index is 13.1. The van der Waals surface area contributed by atoms with E-state index in [1.165, 1.54) is 0 Å². The molecule has 0 spiro atoms. The van der Waals surface area contributed by atoms with Crippen LogP contribution in [0.2, 0.25) is 0 Å². The van der Waals surface area contributed by atoms with Gasteiger partial charge in [-0.05, 0) is 12.1 Å². The summed E-state index contributed by atoms with van der Waals surface area (Å²) in [4.78, 5) is 11.3. The van der Waals surface area contributed by atoms with Gasteiger partial charge in [0.05, 0.1) is 0 Å². The fourth-order valence-corrected chi connectivity index (χ4v) is 1.09. The first-order valence-electron chi connectivity index (χ1n) is 4.62. The predicted molar refractivity (Wildman–Crippen MR) is 50.7 cm³/mol. The Hall–Kier alpha value is -1.63. The molecule has 1 amide bonds. The van der Waals surface area contributed by atoms with Crippen molar-refractivity contribution in [3.8, 4) is 0 Å². The van der Waals surface area contributed by atoms with Crippen LogP contribution in [0.15, 0.2) is 18.2 Å². The predicted octanol–water partition coefficient (Wildman–Crippen LogP) is 1.32. The van der Waals surface area contributed by atoms with Gasteiger partial charge in [-0.3, -0.25) is 4.79 Å². The molecule has 0 aliphatic heterocycles. The summed E-state index contributed by atoms with van der Waals surface area (Å²) in [5.74, 6) is -3.40. The number of aliphatic hydroxyl groups is 1. The second-order valence-corrected chi connectivity index (χ2v) is 3.21. The van der Waals surface area contributed by atoms with Gasteiger partial charge in [-0.1, -0.05) is 6.07 Å². The van der Waals surface area contributed by atoms with Gasteiger partial charge in [0, 0.05) is 6.54 Å². The van der Waals surface area contributed by atoms with E-state index < -0.39 is 42.2 Å². The molecule has 17 heavy (non-hydrogen) atoms. The average Bonchev–Trinajstić information content (AvgIpc) is 2.25. The maximum Gasteiger partial charge on any atom is 0.265 e. The number of carbonyl (C=O) groups is 1. The molecule has 0 aliphatic carbocycles. The van der Waals surface area contributed by atoms with Gasteiger partial charge in [0.25, 0.3) is 12.3 Å². The van der Waals surface area contributed by atoms with Crippen molar-refractivity contribution in [1.82, 2.24) is 5.32 Å². The Balaban J connectivity index is 2.71. The lowest BCUT2D eigenvalue weighted by Gasteiger charge is -2.11. The van der Waals surface area contributed by atoms with Crippen molar-refractivity contribution in [2.45, 2.75) is 12.5 Å². The van der Waals surface area contributed by atoms with E-state index in [2.05, 4.69) is 0 Å². The minimum Gasteiger partial charge on any atom is -0.385 e. The lowest BCUT2D eigenvalue weighted by molar-refractivity contribution is -0.00273. The highest BCUT2D eigenvalue weighted by Gasteiger charge is 2.21. The normalized spacial score (nSPS) is 12.6. The van der Waals surface area contributed by atoms with Crippen molar-refractivity contribution in [2.75, 3.05) is 6.54 Å². The van der Waals surface area contributed by atoms with Crippen LogP contribution in [0.1, 0.15) is 10.4 Å². The molecular weight excluding hydrogens is 242 g/mol. The van der Waals surface area contributed by atoms with Gasteiger partial charge < -0.3 is 10.4 Å². The Morgan fingerprint density at radius 3 is 2.29 bits per heavy atom. The summed E-state index contributed by atoms with van der Waals surface area (Å²) in [5, 5.41) is 10.5. The van der Waals surface area contributed by atoms with E-state index in [0.29, 0.717) is 0 Å². The van der Waals surface area contributed by atoms with Gasteiger partial charge >= 0.3 is 0 Å². The van der Waals surface area contributed by atoms with Gasteiger partial charge in [0.1, 0.15) is 23.3 Å². The van der Waals surface area contributed by atoms with Crippen molar-refractivity contribution in [3.05, 3.63) is 35.4 Å². The fraction of sp³-hybridized carbons (Fsp3) is 0.300. The Bertz CT molecular complexity index is 391. The molecule has 1 atom stereocenters. The van der Waals surface area contributed by atoms with Crippen molar-refractivity contribution in [1.29, 1.82) is 0 Å². The van der Waals surface area contributed by atoms with Crippen LogP contribution < -0.4 is 5.32 Å². The van der Waals surface area contributed by atoms with Crippen molar-refractivity contribution in [3.63, 3.8) is 0 Å². The van der Waals surface area contributed by atoms with Gasteiger partial charge in [0.2, 0.25) is 0 Å². The first kappa shape index (κ1) is 13.4. The number of benzene rings is 1. The lowest BCUT2D eigenvalue weighted by atomic mass is 10.2. The summed E-state index contributed by atoms with van der Waals surface area (Å²) < 4.78 is 49.9. The third kappa shape index (κ3) is 3.42. The number of halogens is 4. The Kier molecular flexibility index (Phi) is 4.45. The zero-order valence-corrected chi connectivity index (χ0v) is 8.46. The second kappa shape index (κ2) is 5.62. The molecule has 1 rings (SSSR count). The second-order valence-electron chi connectivity index (χ2n) is 3.21. The van der Waals surface area contributed by atoms with E-state index in [1.54, 1.807) is 0 Å². The van der Waals surface area contributed by atoms with Crippen molar-refractivity contribution < 1.29 is 27.5 Å². The number of alkyl halides is 2. The summed E-state index contributed by atoms with van der Waals surface area (Å²) in [5.41, 5.74) is -0.867. The highest BCUT2D eigenvalue weighted by atomic mass is 19.3. The van der Waals surface area contributed by atoms with Gasteiger partial charge in [0.15, 0.2) is 0 Å². The van der Waals surface area contributed by atoms with Gasteiger partial charge in [-0.15, -0.1) is 0 Å². The van der Waals surface area contributed by atoms with Crippen LogP contribution in [0.4, 0.5) is 17.6 Å². The number of carbonyl (C=O) groups excluding carboxylic acids is 1. The quantitative estimate of drug-likeness (QED) is 0.793. The molecule has 1 aromatic carbocycles. The minimum atomic E-state index is -3.04. The molecule has 94 valence electrons. The van der Waals surface area contributed by atoms with Crippen molar-refractivity contribution >= 4 is 5.91 Å². The number of aliphatic hydroxyl groups excluding tert-OH is 1. The monoisotopic (exact) mass is 251 g/mol. The molecular formula is C10H9F4NO2. The molecule has 0 aliphatic rings. The smallest absolute Gasteiger partial charge is 0.265 e. The molecule has 0 saturated carbocycles. The summed E-state index contributed by atoms with van der Waals surface area (Å²) in [6.45, 7) is -0.787. The van der Waals surface area contributed by atoms with E-state index in [0.717, 1.165) is 18.2 Å². The minimum absolute atomic E-state index is 0.787. The Morgan fingerprint density at radius 2 is 1.82 bits per heavy atom.